The number of carbonyl (C=O) groups excluding carboxylic acids is 2. The Bertz CT molecular complexity index is 1120. The highest BCUT2D eigenvalue weighted by molar-refractivity contribution is 7.92. The van der Waals surface area contributed by atoms with Crippen molar-refractivity contribution in [3.8, 4) is 11.5 Å². The summed E-state index contributed by atoms with van der Waals surface area (Å²) >= 11 is 0. The van der Waals surface area contributed by atoms with Crippen LogP contribution in [0.1, 0.15) is 32.8 Å². The normalized spacial score (nSPS) is 14.2. The Hall–Kier alpha value is -3.27. The molecule has 0 aromatic heterocycles. The Morgan fingerprint density at radius 1 is 1.06 bits per heavy atom. The van der Waals surface area contributed by atoms with Crippen LogP contribution >= 0.6 is 0 Å². The number of hydrogen-bond donors (Lipinski definition) is 1. The minimum Gasteiger partial charge on any atom is -0.454 e. The molecular formula is C24H31N3O6S. The average Bonchev–Trinajstić information content (AvgIpc) is 3.28. The number of fused-ring (bicyclic) bond motifs is 1. The number of rotatable bonds is 10. The van der Waals surface area contributed by atoms with Gasteiger partial charge < -0.3 is 19.7 Å². The zero-order chi connectivity index (χ0) is 24.9. The van der Waals surface area contributed by atoms with E-state index in [9.17, 15) is 18.0 Å². The molecule has 2 aromatic rings. The Morgan fingerprint density at radius 2 is 1.74 bits per heavy atom. The third-order valence-corrected chi connectivity index (χ3v) is 6.83. The SMILES string of the molecule is CC[C@@H](C)NC(=O)[C@@H](C)N(Cc1ccccc1)C(=O)CN(c1ccc2c(c1)OCO2)S(C)(=O)=O. The molecule has 0 radical (unpaired) electrons. The maximum atomic E-state index is 13.5. The van der Waals surface area contributed by atoms with E-state index < -0.39 is 28.5 Å². The van der Waals surface area contributed by atoms with Crippen molar-refractivity contribution in [1.82, 2.24) is 10.2 Å². The van der Waals surface area contributed by atoms with Gasteiger partial charge in [0.1, 0.15) is 12.6 Å². The van der Waals surface area contributed by atoms with Crippen molar-refractivity contribution in [2.24, 2.45) is 0 Å². The molecule has 0 saturated heterocycles. The summed E-state index contributed by atoms with van der Waals surface area (Å²) in [7, 11) is -3.82. The molecule has 0 bridgehead atoms. The average molecular weight is 490 g/mol. The summed E-state index contributed by atoms with van der Waals surface area (Å²) in [5.74, 6) is 0.108. The fraction of sp³-hybridized carbons (Fsp3) is 0.417. The maximum Gasteiger partial charge on any atom is 0.244 e. The topological polar surface area (TPSA) is 105 Å². The summed E-state index contributed by atoms with van der Waals surface area (Å²) in [6.45, 7) is 5.23. The quantitative estimate of drug-likeness (QED) is 0.550. The van der Waals surface area contributed by atoms with Gasteiger partial charge in [-0.3, -0.25) is 13.9 Å². The van der Waals surface area contributed by atoms with Gasteiger partial charge in [-0.2, -0.15) is 0 Å². The molecule has 1 aliphatic rings. The van der Waals surface area contributed by atoms with Gasteiger partial charge in [-0.15, -0.1) is 0 Å². The van der Waals surface area contributed by atoms with Gasteiger partial charge in [-0.05, 0) is 38.0 Å². The minimum absolute atomic E-state index is 0.0459. The van der Waals surface area contributed by atoms with E-state index in [4.69, 9.17) is 9.47 Å². The summed E-state index contributed by atoms with van der Waals surface area (Å²) in [6.07, 6.45) is 1.78. The smallest absolute Gasteiger partial charge is 0.244 e. The van der Waals surface area contributed by atoms with Gasteiger partial charge in [0.15, 0.2) is 11.5 Å². The zero-order valence-electron chi connectivity index (χ0n) is 19.9. The van der Waals surface area contributed by atoms with Gasteiger partial charge in [0.05, 0.1) is 11.9 Å². The molecule has 2 aromatic carbocycles. The van der Waals surface area contributed by atoms with E-state index in [2.05, 4.69) is 5.32 Å². The third kappa shape index (κ3) is 6.19. The fourth-order valence-corrected chi connectivity index (χ4v) is 4.32. The molecule has 0 unspecified atom stereocenters. The van der Waals surface area contributed by atoms with Crippen LogP contribution in [0.15, 0.2) is 48.5 Å². The molecule has 2 atom stereocenters. The molecule has 10 heteroatoms. The van der Waals surface area contributed by atoms with E-state index in [0.717, 1.165) is 22.5 Å². The van der Waals surface area contributed by atoms with Crippen molar-refractivity contribution in [2.45, 2.75) is 45.8 Å². The van der Waals surface area contributed by atoms with Crippen LogP contribution in [0, 0.1) is 0 Å². The first kappa shape index (κ1) is 25.4. The van der Waals surface area contributed by atoms with E-state index in [0.29, 0.717) is 11.5 Å². The van der Waals surface area contributed by atoms with Gasteiger partial charge in [0.25, 0.3) is 0 Å². The monoisotopic (exact) mass is 489 g/mol. The Kier molecular flexibility index (Phi) is 8.03. The van der Waals surface area contributed by atoms with Crippen LogP contribution in [0.3, 0.4) is 0 Å². The fourth-order valence-electron chi connectivity index (χ4n) is 3.48. The Morgan fingerprint density at radius 3 is 2.38 bits per heavy atom. The highest BCUT2D eigenvalue weighted by atomic mass is 32.2. The van der Waals surface area contributed by atoms with Crippen LogP contribution in [-0.2, 0) is 26.2 Å². The highest BCUT2D eigenvalue weighted by Gasteiger charge is 2.31. The number of ether oxygens (including phenoxy) is 2. The van der Waals surface area contributed by atoms with Gasteiger partial charge in [-0.1, -0.05) is 37.3 Å². The lowest BCUT2D eigenvalue weighted by Crippen LogP contribution is -2.52. The summed E-state index contributed by atoms with van der Waals surface area (Å²) in [6, 6.07) is 13.1. The predicted octanol–water partition coefficient (Wildman–Crippen LogP) is 2.51. The van der Waals surface area contributed by atoms with Gasteiger partial charge in [0, 0.05) is 18.7 Å². The molecule has 184 valence electrons. The molecule has 34 heavy (non-hydrogen) atoms. The predicted molar refractivity (Wildman–Crippen MR) is 129 cm³/mol. The van der Waals surface area contributed by atoms with Crippen LogP contribution in [-0.4, -0.2) is 56.8 Å². The first-order chi connectivity index (χ1) is 16.1. The molecule has 9 nitrogen and oxygen atoms in total. The van der Waals surface area contributed by atoms with Crippen molar-refractivity contribution in [2.75, 3.05) is 23.9 Å². The van der Waals surface area contributed by atoms with Crippen molar-refractivity contribution >= 4 is 27.5 Å². The van der Waals surface area contributed by atoms with Crippen LogP contribution in [0.25, 0.3) is 0 Å². The molecule has 1 N–H and O–H groups in total. The Labute approximate surface area is 200 Å². The molecule has 3 rings (SSSR count). The first-order valence-electron chi connectivity index (χ1n) is 11.1. The van der Waals surface area contributed by atoms with E-state index in [1.807, 2.05) is 44.2 Å². The highest BCUT2D eigenvalue weighted by Crippen LogP contribution is 2.36. The number of carbonyl (C=O) groups is 2. The lowest BCUT2D eigenvalue weighted by molar-refractivity contribution is -0.139. The van der Waals surface area contributed by atoms with E-state index in [1.165, 1.54) is 11.0 Å². The summed E-state index contributed by atoms with van der Waals surface area (Å²) in [4.78, 5) is 27.8. The van der Waals surface area contributed by atoms with Crippen LogP contribution in [0.5, 0.6) is 11.5 Å². The maximum absolute atomic E-state index is 13.5. The van der Waals surface area contributed by atoms with Gasteiger partial charge >= 0.3 is 0 Å². The number of amides is 2. The largest absolute Gasteiger partial charge is 0.454 e. The Balaban J connectivity index is 1.89. The number of anilines is 1. The van der Waals surface area contributed by atoms with Gasteiger partial charge in [0.2, 0.25) is 28.6 Å². The molecule has 0 aliphatic carbocycles. The second-order valence-corrected chi connectivity index (χ2v) is 10.2. The molecule has 1 heterocycles. The van der Waals surface area contributed by atoms with Crippen LogP contribution in [0.2, 0.25) is 0 Å². The number of nitrogens with one attached hydrogen (secondary N) is 1. The summed E-state index contributed by atoms with van der Waals surface area (Å²) in [5, 5.41) is 2.90. The van der Waals surface area contributed by atoms with Gasteiger partial charge in [-0.25, -0.2) is 8.42 Å². The second-order valence-electron chi connectivity index (χ2n) is 8.31. The third-order valence-electron chi connectivity index (χ3n) is 5.69. The minimum atomic E-state index is -3.82. The lowest BCUT2D eigenvalue weighted by atomic mass is 10.1. The van der Waals surface area contributed by atoms with Crippen molar-refractivity contribution in [3.63, 3.8) is 0 Å². The summed E-state index contributed by atoms with van der Waals surface area (Å²) < 4.78 is 36.9. The van der Waals surface area contributed by atoms with E-state index in [1.54, 1.807) is 19.1 Å². The molecule has 0 saturated carbocycles. The lowest BCUT2D eigenvalue weighted by Gasteiger charge is -2.32. The number of benzene rings is 2. The van der Waals surface area contributed by atoms with Crippen molar-refractivity contribution in [3.05, 3.63) is 54.1 Å². The first-order valence-corrected chi connectivity index (χ1v) is 13.0. The second kappa shape index (κ2) is 10.8. The van der Waals surface area contributed by atoms with Crippen LogP contribution in [0.4, 0.5) is 5.69 Å². The number of nitrogens with zero attached hydrogens (tertiary/aromatic N) is 2. The standard InChI is InChI=1S/C24H31N3O6S/c1-5-17(2)25-24(29)18(3)26(14-19-9-7-6-8-10-19)23(28)15-27(34(4,30)31)20-11-12-21-22(13-20)33-16-32-21/h6-13,17-18H,5,14-16H2,1-4H3,(H,25,29)/t17-,18-/m1/s1. The molecular weight excluding hydrogens is 458 g/mol. The van der Waals surface area contributed by atoms with E-state index in [-0.39, 0.29) is 31.0 Å². The summed E-state index contributed by atoms with van der Waals surface area (Å²) in [5.41, 5.74) is 1.10. The molecule has 1 aliphatic heterocycles. The number of sulfonamides is 1. The van der Waals surface area contributed by atoms with Crippen molar-refractivity contribution in [1.29, 1.82) is 0 Å². The zero-order valence-corrected chi connectivity index (χ0v) is 20.7. The molecule has 0 spiro atoms. The van der Waals surface area contributed by atoms with Crippen LogP contribution < -0.4 is 19.1 Å². The molecule has 0 fully saturated rings. The van der Waals surface area contributed by atoms with Crippen molar-refractivity contribution < 1.29 is 27.5 Å². The van der Waals surface area contributed by atoms with E-state index >= 15 is 0 Å². The number of hydrogen-bond acceptors (Lipinski definition) is 6. The molecule has 2 amide bonds.